The molecule has 1 aliphatic heterocycles. The molecule has 1 unspecified atom stereocenters. The first-order chi connectivity index (χ1) is 9.20. The van der Waals surface area contributed by atoms with Crippen LogP contribution in [0, 0.1) is 5.82 Å². The first-order valence-corrected chi connectivity index (χ1v) is 7.10. The first kappa shape index (κ1) is 14.3. The molecule has 0 radical (unpaired) electrons. The van der Waals surface area contributed by atoms with Crippen molar-refractivity contribution >= 4 is 5.69 Å². The number of benzene rings is 1. The van der Waals surface area contributed by atoms with Crippen LogP contribution in [-0.4, -0.2) is 50.7 Å². The van der Waals surface area contributed by atoms with Crippen LogP contribution in [-0.2, 0) is 0 Å². The van der Waals surface area contributed by atoms with Crippen molar-refractivity contribution < 1.29 is 4.39 Å². The molecule has 0 spiro atoms. The van der Waals surface area contributed by atoms with Gasteiger partial charge in [-0.15, -0.1) is 0 Å². The van der Waals surface area contributed by atoms with Crippen LogP contribution >= 0.6 is 0 Å². The average Bonchev–Trinajstić information content (AvgIpc) is 2.46. The van der Waals surface area contributed by atoms with Gasteiger partial charge in [0, 0.05) is 37.9 Å². The fourth-order valence-corrected chi connectivity index (χ4v) is 2.61. The third-order valence-electron chi connectivity index (χ3n) is 3.94. The number of hydrogen-bond acceptors (Lipinski definition) is 3. The van der Waals surface area contributed by atoms with Crippen molar-refractivity contribution in [3.8, 4) is 0 Å². The summed E-state index contributed by atoms with van der Waals surface area (Å²) in [6.45, 7) is 7.58. The van der Waals surface area contributed by atoms with Crippen LogP contribution in [0.3, 0.4) is 0 Å². The lowest BCUT2D eigenvalue weighted by atomic mass is 10.1. The Kier molecular flexibility index (Phi) is 5.16. The van der Waals surface area contributed by atoms with Gasteiger partial charge in [0.25, 0.3) is 0 Å². The number of piperazine rings is 1. The summed E-state index contributed by atoms with van der Waals surface area (Å²) in [6.07, 6.45) is 1.19. The zero-order chi connectivity index (χ0) is 13.7. The molecule has 1 saturated heterocycles. The molecule has 1 aromatic carbocycles. The van der Waals surface area contributed by atoms with Crippen LogP contribution < -0.4 is 10.2 Å². The van der Waals surface area contributed by atoms with Gasteiger partial charge in [0.2, 0.25) is 0 Å². The fourth-order valence-electron chi connectivity index (χ4n) is 2.61. The van der Waals surface area contributed by atoms with E-state index in [0.717, 1.165) is 38.4 Å². The molecule has 0 aliphatic carbocycles. The van der Waals surface area contributed by atoms with E-state index in [-0.39, 0.29) is 5.82 Å². The zero-order valence-corrected chi connectivity index (χ0v) is 11.9. The summed E-state index contributed by atoms with van der Waals surface area (Å²) in [6, 6.07) is 7.45. The Balaban J connectivity index is 1.83. The molecule has 1 atom stereocenters. The third-order valence-corrected chi connectivity index (χ3v) is 3.94. The number of nitrogens with zero attached hydrogens (tertiary/aromatic N) is 2. The average molecular weight is 265 g/mol. The number of nitrogens with one attached hydrogen (secondary N) is 1. The molecule has 1 aliphatic rings. The second kappa shape index (κ2) is 6.87. The molecule has 0 aromatic heterocycles. The van der Waals surface area contributed by atoms with Crippen molar-refractivity contribution in [3.63, 3.8) is 0 Å². The lowest BCUT2D eigenvalue weighted by molar-refractivity contribution is 0.188. The summed E-state index contributed by atoms with van der Waals surface area (Å²) in [7, 11) is 2.00. The van der Waals surface area contributed by atoms with E-state index in [2.05, 4.69) is 22.0 Å². The van der Waals surface area contributed by atoms with E-state index in [9.17, 15) is 4.39 Å². The highest BCUT2D eigenvalue weighted by molar-refractivity contribution is 5.46. The lowest BCUT2D eigenvalue weighted by Gasteiger charge is -2.39. The molecule has 0 saturated carbocycles. The summed E-state index contributed by atoms with van der Waals surface area (Å²) in [5.74, 6) is -0.164. The SMILES string of the molecule is CNCCC(C)N1CCN(c2ccc(F)cc2)CC1. The number of halogens is 1. The Morgan fingerprint density at radius 1 is 1.16 bits per heavy atom. The van der Waals surface area contributed by atoms with Crippen molar-refractivity contribution in [2.24, 2.45) is 0 Å². The van der Waals surface area contributed by atoms with Gasteiger partial charge in [-0.25, -0.2) is 4.39 Å². The highest BCUT2D eigenvalue weighted by atomic mass is 19.1. The van der Waals surface area contributed by atoms with Crippen LogP contribution in [0.25, 0.3) is 0 Å². The predicted molar refractivity (Wildman–Crippen MR) is 78.2 cm³/mol. The maximum absolute atomic E-state index is 12.9. The van der Waals surface area contributed by atoms with E-state index in [0.29, 0.717) is 6.04 Å². The third kappa shape index (κ3) is 3.91. The summed E-state index contributed by atoms with van der Waals surface area (Å²) in [5.41, 5.74) is 1.13. The van der Waals surface area contributed by atoms with Gasteiger partial charge in [-0.3, -0.25) is 4.90 Å². The zero-order valence-electron chi connectivity index (χ0n) is 11.9. The van der Waals surface area contributed by atoms with Gasteiger partial charge in [0.1, 0.15) is 5.82 Å². The minimum absolute atomic E-state index is 0.164. The van der Waals surface area contributed by atoms with Crippen LogP contribution in [0.15, 0.2) is 24.3 Å². The van der Waals surface area contributed by atoms with Gasteiger partial charge >= 0.3 is 0 Å². The maximum Gasteiger partial charge on any atom is 0.123 e. The summed E-state index contributed by atoms with van der Waals surface area (Å²) in [5, 5.41) is 3.21. The van der Waals surface area contributed by atoms with Gasteiger partial charge in [-0.1, -0.05) is 0 Å². The normalized spacial score (nSPS) is 18.6. The van der Waals surface area contributed by atoms with E-state index in [1.165, 1.54) is 18.6 Å². The molecule has 1 N–H and O–H groups in total. The van der Waals surface area contributed by atoms with Crippen LogP contribution in [0.5, 0.6) is 0 Å². The predicted octanol–water partition coefficient (Wildman–Crippen LogP) is 1.95. The molecular weight excluding hydrogens is 241 g/mol. The Hall–Kier alpha value is -1.13. The van der Waals surface area contributed by atoms with Crippen LogP contribution in [0.1, 0.15) is 13.3 Å². The maximum atomic E-state index is 12.9. The van der Waals surface area contributed by atoms with Gasteiger partial charge < -0.3 is 10.2 Å². The second-order valence-corrected chi connectivity index (χ2v) is 5.24. The molecule has 19 heavy (non-hydrogen) atoms. The van der Waals surface area contributed by atoms with E-state index >= 15 is 0 Å². The number of anilines is 1. The lowest BCUT2D eigenvalue weighted by Crippen LogP contribution is -2.50. The monoisotopic (exact) mass is 265 g/mol. The quantitative estimate of drug-likeness (QED) is 0.878. The van der Waals surface area contributed by atoms with Crippen molar-refractivity contribution in [3.05, 3.63) is 30.1 Å². The molecule has 1 fully saturated rings. The molecule has 4 heteroatoms. The Bertz CT molecular complexity index is 371. The smallest absolute Gasteiger partial charge is 0.123 e. The number of rotatable bonds is 5. The van der Waals surface area contributed by atoms with E-state index in [1.807, 2.05) is 19.2 Å². The molecule has 106 valence electrons. The summed E-state index contributed by atoms with van der Waals surface area (Å²) in [4.78, 5) is 4.87. The standard InChI is InChI=1S/C15H24FN3/c1-13(7-8-17-2)18-9-11-19(12-10-18)15-5-3-14(16)4-6-15/h3-6,13,17H,7-12H2,1-2H3. The van der Waals surface area contributed by atoms with Crippen LogP contribution in [0.4, 0.5) is 10.1 Å². The van der Waals surface area contributed by atoms with Crippen molar-refractivity contribution in [2.75, 3.05) is 44.7 Å². The van der Waals surface area contributed by atoms with Crippen molar-refractivity contribution in [1.29, 1.82) is 0 Å². The molecule has 1 heterocycles. The van der Waals surface area contributed by atoms with E-state index in [1.54, 1.807) is 0 Å². The molecule has 2 rings (SSSR count). The minimum atomic E-state index is -0.164. The Morgan fingerprint density at radius 2 is 1.79 bits per heavy atom. The van der Waals surface area contributed by atoms with Crippen molar-refractivity contribution in [2.45, 2.75) is 19.4 Å². The topological polar surface area (TPSA) is 18.5 Å². The van der Waals surface area contributed by atoms with Crippen molar-refractivity contribution in [1.82, 2.24) is 10.2 Å². The van der Waals surface area contributed by atoms with Crippen LogP contribution in [0.2, 0.25) is 0 Å². The molecular formula is C15H24FN3. The van der Waals surface area contributed by atoms with Gasteiger partial charge in [0.15, 0.2) is 0 Å². The highest BCUT2D eigenvalue weighted by Gasteiger charge is 2.20. The van der Waals surface area contributed by atoms with Gasteiger partial charge in [0.05, 0.1) is 0 Å². The van der Waals surface area contributed by atoms with E-state index in [4.69, 9.17) is 0 Å². The summed E-state index contributed by atoms with van der Waals surface area (Å²) >= 11 is 0. The van der Waals surface area contributed by atoms with Gasteiger partial charge in [-0.05, 0) is 51.2 Å². The van der Waals surface area contributed by atoms with Gasteiger partial charge in [-0.2, -0.15) is 0 Å². The second-order valence-electron chi connectivity index (χ2n) is 5.24. The Labute approximate surface area is 115 Å². The Morgan fingerprint density at radius 3 is 2.37 bits per heavy atom. The fraction of sp³-hybridized carbons (Fsp3) is 0.600. The number of hydrogen-bond donors (Lipinski definition) is 1. The highest BCUT2D eigenvalue weighted by Crippen LogP contribution is 2.18. The van der Waals surface area contributed by atoms with E-state index < -0.39 is 0 Å². The molecule has 0 amide bonds. The molecule has 1 aromatic rings. The summed E-state index contributed by atoms with van der Waals surface area (Å²) < 4.78 is 12.9. The minimum Gasteiger partial charge on any atom is -0.369 e. The first-order valence-electron chi connectivity index (χ1n) is 7.10. The largest absolute Gasteiger partial charge is 0.369 e. The molecule has 3 nitrogen and oxygen atoms in total. The molecule has 0 bridgehead atoms.